The van der Waals surface area contributed by atoms with Gasteiger partial charge in [-0.25, -0.2) is 0 Å². The minimum Gasteiger partial charge on any atom is -0.360 e. The van der Waals surface area contributed by atoms with Crippen molar-refractivity contribution in [2.75, 3.05) is 0 Å². The van der Waals surface area contributed by atoms with Crippen LogP contribution < -0.4 is 0 Å². The van der Waals surface area contributed by atoms with E-state index in [4.69, 9.17) is 27.7 Å². The molecule has 0 unspecified atom stereocenters. The second-order valence-electron chi connectivity index (χ2n) is 5.02. The quantitative estimate of drug-likeness (QED) is 0.723. The average molecular weight is 350 g/mol. The summed E-state index contributed by atoms with van der Waals surface area (Å²) in [5.41, 5.74) is -1.00. The van der Waals surface area contributed by atoms with Gasteiger partial charge < -0.3 is 4.52 Å². The molecule has 0 N–H and O–H groups in total. The molecule has 0 atom stereocenters. The standard InChI is InChI=1S/C14H8Cl2F3NO2/c15-9-3-7(14(17,18)19)4-10(16)11(9)12(21)8-5-20-22-13(8)6-1-2-6/h3-6H,1-2H2. The van der Waals surface area contributed by atoms with Crippen molar-refractivity contribution < 1.29 is 22.5 Å². The van der Waals surface area contributed by atoms with Gasteiger partial charge in [0, 0.05) is 5.92 Å². The summed E-state index contributed by atoms with van der Waals surface area (Å²) < 4.78 is 43.2. The first-order valence-corrected chi connectivity index (χ1v) is 7.10. The van der Waals surface area contributed by atoms with E-state index in [2.05, 4.69) is 5.16 Å². The molecule has 0 saturated heterocycles. The monoisotopic (exact) mass is 349 g/mol. The van der Waals surface area contributed by atoms with Gasteiger partial charge in [0.15, 0.2) is 5.76 Å². The van der Waals surface area contributed by atoms with E-state index >= 15 is 0 Å². The Morgan fingerprint density at radius 1 is 1.23 bits per heavy atom. The topological polar surface area (TPSA) is 43.1 Å². The molecular formula is C14H8Cl2F3NO2. The van der Waals surface area contributed by atoms with Crippen LogP contribution in [0.4, 0.5) is 13.2 Å². The van der Waals surface area contributed by atoms with Crippen LogP contribution in [0.25, 0.3) is 0 Å². The number of hydrogen-bond donors (Lipinski definition) is 0. The van der Waals surface area contributed by atoms with Crippen molar-refractivity contribution >= 4 is 29.0 Å². The van der Waals surface area contributed by atoms with Gasteiger partial charge >= 0.3 is 6.18 Å². The fraction of sp³-hybridized carbons (Fsp3) is 0.286. The van der Waals surface area contributed by atoms with E-state index in [1.54, 1.807) is 0 Å². The first kappa shape index (κ1) is 15.4. The molecule has 0 spiro atoms. The first-order valence-electron chi connectivity index (χ1n) is 6.34. The molecule has 1 saturated carbocycles. The molecule has 1 heterocycles. The zero-order valence-corrected chi connectivity index (χ0v) is 12.4. The van der Waals surface area contributed by atoms with E-state index in [0.717, 1.165) is 12.8 Å². The maximum absolute atomic E-state index is 12.7. The number of benzene rings is 1. The van der Waals surface area contributed by atoms with Gasteiger partial charge in [0.25, 0.3) is 0 Å². The molecule has 1 fully saturated rings. The molecule has 8 heteroatoms. The molecular weight excluding hydrogens is 342 g/mol. The third kappa shape index (κ3) is 2.73. The van der Waals surface area contributed by atoms with Gasteiger partial charge in [-0.1, -0.05) is 28.4 Å². The Labute approximate surface area is 133 Å². The third-order valence-corrected chi connectivity index (χ3v) is 3.98. The Bertz CT molecular complexity index is 728. The molecule has 22 heavy (non-hydrogen) atoms. The normalized spacial score (nSPS) is 15.1. The van der Waals surface area contributed by atoms with Crippen LogP contribution in [0.5, 0.6) is 0 Å². The zero-order valence-electron chi connectivity index (χ0n) is 10.9. The SMILES string of the molecule is O=C(c1cnoc1C1CC1)c1c(Cl)cc(C(F)(F)F)cc1Cl. The van der Waals surface area contributed by atoms with Gasteiger partial charge in [0.2, 0.25) is 5.78 Å². The van der Waals surface area contributed by atoms with E-state index in [-0.39, 0.29) is 27.1 Å². The fourth-order valence-corrected chi connectivity index (χ4v) is 2.81. The number of carbonyl (C=O) groups is 1. The van der Waals surface area contributed by atoms with Crippen LogP contribution >= 0.6 is 23.2 Å². The molecule has 3 nitrogen and oxygen atoms in total. The minimum atomic E-state index is -4.59. The third-order valence-electron chi connectivity index (χ3n) is 3.39. The minimum absolute atomic E-state index is 0.119. The molecule has 0 aliphatic heterocycles. The number of carbonyl (C=O) groups excluding carboxylic acids is 1. The van der Waals surface area contributed by atoms with Crippen molar-refractivity contribution in [2.45, 2.75) is 24.9 Å². The van der Waals surface area contributed by atoms with Gasteiger partial charge in [-0.15, -0.1) is 0 Å². The van der Waals surface area contributed by atoms with Crippen LogP contribution in [0, 0.1) is 0 Å². The number of nitrogens with zero attached hydrogens (tertiary/aromatic N) is 1. The van der Waals surface area contributed by atoms with E-state index in [9.17, 15) is 18.0 Å². The van der Waals surface area contributed by atoms with Crippen LogP contribution in [0.2, 0.25) is 10.0 Å². The van der Waals surface area contributed by atoms with Gasteiger partial charge in [0.05, 0.1) is 32.9 Å². The van der Waals surface area contributed by atoms with Crippen molar-refractivity contribution in [1.29, 1.82) is 0 Å². The average Bonchev–Trinajstić information content (AvgIpc) is 3.14. The van der Waals surface area contributed by atoms with Crippen molar-refractivity contribution in [1.82, 2.24) is 5.16 Å². The highest BCUT2D eigenvalue weighted by Crippen LogP contribution is 2.43. The molecule has 1 aromatic carbocycles. The van der Waals surface area contributed by atoms with E-state index in [1.807, 2.05) is 0 Å². The lowest BCUT2D eigenvalue weighted by Crippen LogP contribution is -2.09. The van der Waals surface area contributed by atoms with Gasteiger partial charge in [-0.05, 0) is 25.0 Å². The maximum Gasteiger partial charge on any atom is 0.416 e. The molecule has 1 aromatic heterocycles. The Kier molecular flexibility index (Phi) is 3.69. The molecule has 3 rings (SSSR count). The van der Waals surface area contributed by atoms with Crippen LogP contribution in [-0.2, 0) is 6.18 Å². The predicted octanol–water partition coefficient (Wildman–Crippen LogP) is 5.11. The van der Waals surface area contributed by atoms with Gasteiger partial charge in [-0.3, -0.25) is 4.79 Å². The molecule has 0 radical (unpaired) electrons. The van der Waals surface area contributed by atoms with Gasteiger partial charge in [0.1, 0.15) is 0 Å². The Morgan fingerprint density at radius 2 is 1.82 bits per heavy atom. The summed E-state index contributed by atoms with van der Waals surface area (Å²) in [4.78, 5) is 12.5. The summed E-state index contributed by atoms with van der Waals surface area (Å²) in [6, 6.07) is 1.37. The number of aromatic nitrogens is 1. The molecule has 116 valence electrons. The summed E-state index contributed by atoms with van der Waals surface area (Å²) >= 11 is 11.7. The Morgan fingerprint density at radius 3 is 2.32 bits per heavy atom. The summed E-state index contributed by atoms with van der Waals surface area (Å²) in [5.74, 6) is -0.0441. The maximum atomic E-state index is 12.7. The fourth-order valence-electron chi connectivity index (χ4n) is 2.15. The van der Waals surface area contributed by atoms with E-state index < -0.39 is 17.5 Å². The van der Waals surface area contributed by atoms with Crippen LogP contribution in [0.3, 0.4) is 0 Å². The highest BCUT2D eigenvalue weighted by Gasteiger charge is 2.36. The number of halogens is 5. The highest BCUT2D eigenvalue weighted by atomic mass is 35.5. The molecule has 0 bridgehead atoms. The summed E-state index contributed by atoms with van der Waals surface area (Å²) in [5, 5.41) is 2.88. The second-order valence-corrected chi connectivity index (χ2v) is 5.83. The number of ketones is 1. The second kappa shape index (κ2) is 5.28. The van der Waals surface area contributed by atoms with Crippen molar-refractivity contribution in [3.05, 3.63) is 50.8 Å². The van der Waals surface area contributed by atoms with Crippen LogP contribution in [0.15, 0.2) is 22.9 Å². The predicted molar refractivity (Wildman–Crippen MR) is 73.4 cm³/mol. The zero-order chi connectivity index (χ0) is 16.1. The van der Waals surface area contributed by atoms with Gasteiger partial charge in [-0.2, -0.15) is 13.2 Å². The first-order chi connectivity index (χ1) is 10.3. The van der Waals surface area contributed by atoms with Crippen LogP contribution in [-0.4, -0.2) is 10.9 Å². The van der Waals surface area contributed by atoms with Crippen LogP contribution in [0.1, 0.15) is 46.0 Å². The summed E-state index contributed by atoms with van der Waals surface area (Å²) in [6.07, 6.45) is -1.60. The van der Waals surface area contributed by atoms with E-state index in [0.29, 0.717) is 17.9 Å². The lowest BCUT2D eigenvalue weighted by molar-refractivity contribution is -0.137. The molecule has 0 amide bonds. The largest absolute Gasteiger partial charge is 0.416 e. The number of rotatable bonds is 3. The number of hydrogen-bond acceptors (Lipinski definition) is 3. The summed E-state index contributed by atoms with van der Waals surface area (Å²) in [6.45, 7) is 0. The smallest absolute Gasteiger partial charge is 0.360 e. The highest BCUT2D eigenvalue weighted by molar-refractivity contribution is 6.41. The van der Waals surface area contributed by atoms with Crippen molar-refractivity contribution in [3.63, 3.8) is 0 Å². The molecule has 1 aliphatic carbocycles. The number of alkyl halides is 3. The Balaban J connectivity index is 2.04. The lowest BCUT2D eigenvalue weighted by atomic mass is 10.0. The van der Waals surface area contributed by atoms with E-state index in [1.165, 1.54) is 6.20 Å². The van der Waals surface area contributed by atoms with Crippen molar-refractivity contribution in [3.8, 4) is 0 Å². The molecule has 2 aromatic rings. The Hall–Kier alpha value is -1.53. The van der Waals surface area contributed by atoms with Crippen molar-refractivity contribution in [2.24, 2.45) is 0 Å². The summed E-state index contributed by atoms with van der Waals surface area (Å²) in [7, 11) is 0. The molecule has 1 aliphatic rings. The lowest BCUT2D eigenvalue weighted by Gasteiger charge is -2.11.